The summed E-state index contributed by atoms with van der Waals surface area (Å²) in [5.74, 6) is 1.86. The Morgan fingerprint density at radius 2 is 2.29 bits per heavy atom. The van der Waals surface area contributed by atoms with E-state index in [0.717, 1.165) is 18.1 Å². The number of thiophene rings is 1. The molecule has 4 heteroatoms. The van der Waals surface area contributed by atoms with Crippen molar-refractivity contribution in [3.8, 4) is 0 Å². The number of ether oxygens (including phenoxy) is 1. The quantitative estimate of drug-likeness (QED) is 0.856. The Morgan fingerprint density at radius 3 is 3.00 bits per heavy atom. The van der Waals surface area contributed by atoms with Crippen LogP contribution in [0.4, 0.5) is 0 Å². The Labute approximate surface area is 105 Å². The van der Waals surface area contributed by atoms with Crippen molar-refractivity contribution in [3.05, 3.63) is 45.5 Å². The van der Waals surface area contributed by atoms with Crippen molar-refractivity contribution in [2.45, 2.75) is 26.7 Å². The highest BCUT2D eigenvalue weighted by Crippen LogP contribution is 2.16. The SMILES string of the molecule is CNCc1cc(COCc2cccs2)oc1C. The zero-order valence-corrected chi connectivity index (χ0v) is 11.0. The number of hydrogen-bond donors (Lipinski definition) is 1. The van der Waals surface area contributed by atoms with Gasteiger partial charge in [0.2, 0.25) is 0 Å². The van der Waals surface area contributed by atoms with Crippen LogP contribution < -0.4 is 5.32 Å². The Kier molecular flexibility index (Phi) is 4.36. The summed E-state index contributed by atoms with van der Waals surface area (Å²) in [4.78, 5) is 1.24. The molecule has 2 heterocycles. The lowest BCUT2D eigenvalue weighted by Crippen LogP contribution is -2.04. The van der Waals surface area contributed by atoms with Gasteiger partial charge in [-0.05, 0) is 31.5 Å². The summed E-state index contributed by atoms with van der Waals surface area (Å²) < 4.78 is 11.2. The lowest BCUT2D eigenvalue weighted by atomic mass is 10.2. The Balaban J connectivity index is 1.84. The van der Waals surface area contributed by atoms with Crippen LogP contribution in [-0.2, 0) is 24.5 Å². The summed E-state index contributed by atoms with van der Waals surface area (Å²) >= 11 is 1.71. The lowest BCUT2D eigenvalue weighted by Gasteiger charge is -1.98. The third-order valence-corrected chi connectivity index (χ3v) is 3.36. The van der Waals surface area contributed by atoms with Crippen molar-refractivity contribution in [3.63, 3.8) is 0 Å². The fourth-order valence-electron chi connectivity index (χ4n) is 1.67. The molecule has 0 aromatic carbocycles. The zero-order valence-electron chi connectivity index (χ0n) is 10.2. The van der Waals surface area contributed by atoms with E-state index in [1.807, 2.05) is 20.0 Å². The predicted molar refractivity (Wildman–Crippen MR) is 69.0 cm³/mol. The minimum atomic E-state index is 0.530. The third-order valence-electron chi connectivity index (χ3n) is 2.51. The summed E-state index contributed by atoms with van der Waals surface area (Å²) in [6.45, 7) is 4.00. The van der Waals surface area contributed by atoms with E-state index in [0.29, 0.717) is 13.2 Å². The van der Waals surface area contributed by atoms with Crippen molar-refractivity contribution in [1.82, 2.24) is 5.32 Å². The molecule has 0 radical (unpaired) electrons. The molecule has 0 aliphatic carbocycles. The second kappa shape index (κ2) is 6.00. The van der Waals surface area contributed by atoms with Gasteiger partial charge in [-0.25, -0.2) is 0 Å². The van der Waals surface area contributed by atoms with Gasteiger partial charge in [0.1, 0.15) is 18.1 Å². The van der Waals surface area contributed by atoms with Gasteiger partial charge in [0, 0.05) is 17.0 Å². The van der Waals surface area contributed by atoms with Gasteiger partial charge in [0.25, 0.3) is 0 Å². The number of nitrogens with one attached hydrogen (secondary N) is 1. The molecule has 0 fully saturated rings. The first-order chi connectivity index (χ1) is 8.29. The summed E-state index contributed by atoms with van der Waals surface area (Å²) in [5.41, 5.74) is 1.20. The number of furan rings is 1. The molecule has 0 amide bonds. The first-order valence-corrected chi connectivity index (χ1v) is 6.50. The van der Waals surface area contributed by atoms with Crippen molar-refractivity contribution >= 4 is 11.3 Å². The van der Waals surface area contributed by atoms with E-state index in [2.05, 4.69) is 22.8 Å². The summed E-state index contributed by atoms with van der Waals surface area (Å²) in [5, 5.41) is 5.17. The normalized spacial score (nSPS) is 10.9. The molecule has 0 atom stereocenters. The monoisotopic (exact) mass is 251 g/mol. The second-order valence-corrected chi connectivity index (χ2v) is 4.93. The average Bonchev–Trinajstić information content (AvgIpc) is 2.91. The van der Waals surface area contributed by atoms with Gasteiger partial charge in [-0.2, -0.15) is 0 Å². The van der Waals surface area contributed by atoms with Crippen LogP contribution >= 0.6 is 11.3 Å². The molecule has 17 heavy (non-hydrogen) atoms. The van der Waals surface area contributed by atoms with Gasteiger partial charge in [-0.1, -0.05) is 6.07 Å². The van der Waals surface area contributed by atoms with Gasteiger partial charge >= 0.3 is 0 Å². The topological polar surface area (TPSA) is 34.4 Å². The second-order valence-electron chi connectivity index (χ2n) is 3.90. The molecule has 2 rings (SSSR count). The molecule has 0 saturated carbocycles. The smallest absolute Gasteiger partial charge is 0.130 e. The van der Waals surface area contributed by atoms with E-state index >= 15 is 0 Å². The van der Waals surface area contributed by atoms with Crippen LogP contribution in [0.25, 0.3) is 0 Å². The largest absolute Gasteiger partial charge is 0.464 e. The molecule has 1 N–H and O–H groups in total. The van der Waals surface area contributed by atoms with Gasteiger partial charge < -0.3 is 14.5 Å². The molecule has 2 aromatic rings. The highest BCUT2D eigenvalue weighted by atomic mass is 32.1. The Morgan fingerprint density at radius 1 is 1.41 bits per heavy atom. The van der Waals surface area contributed by atoms with Crippen molar-refractivity contribution in [2.24, 2.45) is 0 Å². The molecule has 0 spiro atoms. The summed E-state index contributed by atoms with van der Waals surface area (Å²) in [6.07, 6.45) is 0. The zero-order chi connectivity index (χ0) is 12.1. The highest BCUT2D eigenvalue weighted by Gasteiger charge is 2.06. The fraction of sp³-hybridized carbons (Fsp3) is 0.385. The van der Waals surface area contributed by atoms with Gasteiger partial charge in [0.15, 0.2) is 0 Å². The van der Waals surface area contributed by atoms with Crippen LogP contribution in [0.15, 0.2) is 28.0 Å². The molecule has 92 valence electrons. The van der Waals surface area contributed by atoms with Gasteiger partial charge in [-0.15, -0.1) is 11.3 Å². The molecule has 0 aliphatic rings. The van der Waals surface area contributed by atoms with Crippen LogP contribution in [0.3, 0.4) is 0 Å². The van der Waals surface area contributed by atoms with Crippen LogP contribution in [0, 0.1) is 6.92 Å². The van der Waals surface area contributed by atoms with Gasteiger partial charge in [0.05, 0.1) is 6.61 Å². The van der Waals surface area contributed by atoms with E-state index in [9.17, 15) is 0 Å². The van der Waals surface area contributed by atoms with E-state index in [4.69, 9.17) is 9.15 Å². The van der Waals surface area contributed by atoms with E-state index in [1.54, 1.807) is 11.3 Å². The number of aryl methyl sites for hydroxylation is 1. The molecule has 3 nitrogen and oxygen atoms in total. The standard InChI is InChI=1S/C13H17NO2S/c1-10-11(7-14-2)6-12(16-10)8-15-9-13-4-3-5-17-13/h3-6,14H,7-9H2,1-2H3. The summed E-state index contributed by atoms with van der Waals surface area (Å²) in [7, 11) is 1.93. The molecule has 0 bridgehead atoms. The van der Waals surface area contributed by atoms with Crippen LogP contribution in [0.2, 0.25) is 0 Å². The van der Waals surface area contributed by atoms with E-state index < -0.39 is 0 Å². The maximum atomic E-state index is 5.63. The van der Waals surface area contributed by atoms with Crippen LogP contribution in [0.1, 0.15) is 22.0 Å². The first kappa shape index (κ1) is 12.4. The van der Waals surface area contributed by atoms with E-state index in [-0.39, 0.29) is 0 Å². The van der Waals surface area contributed by atoms with Gasteiger partial charge in [-0.3, -0.25) is 0 Å². The molecule has 2 aromatic heterocycles. The van der Waals surface area contributed by atoms with Crippen LogP contribution in [-0.4, -0.2) is 7.05 Å². The molecule has 0 unspecified atom stereocenters. The van der Waals surface area contributed by atoms with Crippen molar-refractivity contribution in [2.75, 3.05) is 7.05 Å². The molecule has 0 saturated heterocycles. The molecular weight excluding hydrogens is 234 g/mol. The van der Waals surface area contributed by atoms with Crippen molar-refractivity contribution in [1.29, 1.82) is 0 Å². The lowest BCUT2D eigenvalue weighted by molar-refractivity contribution is 0.0942. The maximum absolute atomic E-state index is 5.63. The minimum Gasteiger partial charge on any atom is -0.464 e. The average molecular weight is 251 g/mol. The number of hydrogen-bond acceptors (Lipinski definition) is 4. The Bertz CT molecular complexity index is 448. The third kappa shape index (κ3) is 3.43. The minimum absolute atomic E-state index is 0.530. The fourth-order valence-corrected chi connectivity index (χ4v) is 2.31. The number of rotatable bonds is 6. The van der Waals surface area contributed by atoms with E-state index in [1.165, 1.54) is 10.4 Å². The maximum Gasteiger partial charge on any atom is 0.130 e. The highest BCUT2D eigenvalue weighted by molar-refractivity contribution is 7.09. The first-order valence-electron chi connectivity index (χ1n) is 5.62. The van der Waals surface area contributed by atoms with Crippen LogP contribution in [0.5, 0.6) is 0 Å². The molecule has 0 aliphatic heterocycles. The van der Waals surface area contributed by atoms with Crippen molar-refractivity contribution < 1.29 is 9.15 Å². The predicted octanol–water partition coefficient (Wildman–Crippen LogP) is 3.09. The Hall–Kier alpha value is -1.10. The summed E-state index contributed by atoms with van der Waals surface area (Å²) in [6, 6.07) is 6.16. The molecular formula is C13H17NO2S.